The Kier molecular flexibility index (Phi) is 3.56. The van der Waals surface area contributed by atoms with E-state index in [9.17, 15) is 4.79 Å². The van der Waals surface area contributed by atoms with Crippen LogP contribution in [-0.4, -0.2) is 18.2 Å². The average Bonchev–Trinajstić information content (AvgIpc) is 2.42. The van der Waals surface area contributed by atoms with Gasteiger partial charge >= 0.3 is 5.97 Å². The van der Waals surface area contributed by atoms with Gasteiger partial charge in [-0.2, -0.15) is 0 Å². The lowest BCUT2D eigenvalue weighted by Crippen LogP contribution is -2.01. The number of anilines is 3. The maximum atomic E-state index is 10.9. The Morgan fingerprint density at radius 1 is 1.21 bits per heavy atom. The van der Waals surface area contributed by atoms with Gasteiger partial charge in [0.2, 0.25) is 0 Å². The van der Waals surface area contributed by atoms with E-state index < -0.39 is 5.97 Å². The van der Waals surface area contributed by atoms with Crippen molar-refractivity contribution in [1.29, 1.82) is 0 Å². The van der Waals surface area contributed by atoms with Crippen molar-refractivity contribution in [2.24, 2.45) is 0 Å². The number of nitrogens with two attached hydrogens (primary N) is 1. The van der Waals surface area contributed by atoms with Gasteiger partial charge in [-0.3, -0.25) is 0 Å². The molecule has 0 saturated heterocycles. The summed E-state index contributed by atoms with van der Waals surface area (Å²) < 4.78 is 5.06. The molecule has 2 rings (SSSR count). The Bertz CT molecular complexity index is 594. The van der Waals surface area contributed by atoms with Crippen molar-refractivity contribution < 1.29 is 14.6 Å². The van der Waals surface area contributed by atoms with Crippen LogP contribution in [0.15, 0.2) is 42.5 Å². The molecule has 0 aliphatic rings. The van der Waals surface area contributed by atoms with Crippen LogP contribution in [0.4, 0.5) is 17.1 Å². The van der Waals surface area contributed by atoms with E-state index >= 15 is 0 Å². The van der Waals surface area contributed by atoms with Crippen LogP contribution in [0.1, 0.15) is 10.4 Å². The Labute approximate surface area is 110 Å². The van der Waals surface area contributed by atoms with Crippen LogP contribution in [0.5, 0.6) is 5.75 Å². The molecule has 0 atom stereocenters. The van der Waals surface area contributed by atoms with Gasteiger partial charge in [0.15, 0.2) is 0 Å². The molecule has 0 heterocycles. The lowest BCUT2D eigenvalue weighted by atomic mass is 10.1. The summed E-state index contributed by atoms with van der Waals surface area (Å²) >= 11 is 0. The molecule has 0 saturated carbocycles. The number of nitrogens with one attached hydrogen (secondary N) is 1. The highest BCUT2D eigenvalue weighted by molar-refractivity contribution is 5.91. The molecule has 4 N–H and O–H groups in total. The maximum absolute atomic E-state index is 10.9. The Hall–Kier alpha value is -2.69. The average molecular weight is 258 g/mol. The summed E-state index contributed by atoms with van der Waals surface area (Å²) in [4.78, 5) is 10.9. The summed E-state index contributed by atoms with van der Waals surface area (Å²) in [5.41, 5.74) is 7.85. The van der Waals surface area contributed by atoms with Gasteiger partial charge in [-0.25, -0.2) is 4.79 Å². The Balaban J connectivity index is 2.26. The Morgan fingerprint density at radius 2 is 1.89 bits per heavy atom. The van der Waals surface area contributed by atoms with Gasteiger partial charge < -0.3 is 20.9 Å². The van der Waals surface area contributed by atoms with Crippen LogP contribution >= 0.6 is 0 Å². The van der Waals surface area contributed by atoms with E-state index in [1.807, 2.05) is 12.1 Å². The minimum absolute atomic E-state index is 0.185. The first-order chi connectivity index (χ1) is 9.10. The van der Waals surface area contributed by atoms with Gasteiger partial charge in [-0.05, 0) is 42.5 Å². The van der Waals surface area contributed by atoms with Gasteiger partial charge in [-0.15, -0.1) is 0 Å². The van der Waals surface area contributed by atoms with E-state index in [-0.39, 0.29) is 5.56 Å². The minimum Gasteiger partial charge on any atom is -0.497 e. The summed E-state index contributed by atoms with van der Waals surface area (Å²) in [5, 5.41) is 12.0. The number of ether oxygens (including phenoxy) is 1. The molecule has 0 unspecified atom stereocenters. The highest BCUT2D eigenvalue weighted by atomic mass is 16.5. The molecule has 2 aromatic carbocycles. The lowest BCUT2D eigenvalue weighted by molar-refractivity contribution is 0.0697. The smallest absolute Gasteiger partial charge is 0.335 e. The number of methoxy groups -OCH3 is 1. The van der Waals surface area contributed by atoms with Gasteiger partial charge in [-0.1, -0.05) is 0 Å². The summed E-state index contributed by atoms with van der Waals surface area (Å²) in [7, 11) is 1.59. The molecule has 0 aliphatic carbocycles. The second-order valence-electron chi connectivity index (χ2n) is 3.96. The fraction of sp³-hybridized carbons (Fsp3) is 0.0714. The SMILES string of the molecule is COc1ccc(Nc2cc(C(=O)O)ccc2N)cc1. The monoisotopic (exact) mass is 258 g/mol. The molecular weight excluding hydrogens is 244 g/mol. The number of carbonyl (C=O) groups is 1. The standard InChI is InChI=1S/C14H14N2O3/c1-19-11-5-3-10(4-6-11)16-13-8-9(14(17)18)2-7-12(13)15/h2-8,16H,15H2,1H3,(H,17,18). The number of nitrogen functional groups attached to an aromatic ring is 1. The van der Waals surface area contributed by atoms with Crippen LogP contribution < -0.4 is 15.8 Å². The molecule has 5 heteroatoms. The second kappa shape index (κ2) is 5.30. The third kappa shape index (κ3) is 2.95. The first-order valence-corrected chi connectivity index (χ1v) is 5.64. The second-order valence-corrected chi connectivity index (χ2v) is 3.96. The number of rotatable bonds is 4. The van der Waals surface area contributed by atoms with Crippen LogP contribution in [0, 0.1) is 0 Å². The van der Waals surface area contributed by atoms with E-state index in [4.69, 9.17) is 15.6 Å². The van der Waals surface area contributed by atoms with Gasteiger partial charge in [0.25, 0.3) is 0 Å². The molecular formula is C14H14N2O3. The molecule has 0 bridgehead atoms. The van der Waals surface area contributed by atoms with E-state index in [1.54, 1.807) is 25.3 Å². The van der Waals surface area contributed by atoms with E-state index in [2.05, 4.69) is 5.32 Å². The van der Waals surface area contributed by atoms with Crippen LogP contribution in [0.3, 0.4) is 0 Å². The molecule has 0 aliphatic heterocycles. The molecule has 0 aromatic heterocycles. The van der Waals surface area contributed by atoms with E-state index in [0.29, 0.717) is 11.4 Å². The number of carboxylic acids is 1. The Morgan fingerprint density at radius 3 is 2.47 bits per heavy atom. The van der Waals surface area contributed by atoms with Gasteiger partial charge in [0.1, 0.15) is 5.75 Å². The van der Waals surface area contributed by atoms with Crippen molar-refractivity contribution >= 4 is 23.0 Å². The van der Waals surface area contributed by atoms with Crippen molar-refractivity contribution in [3.63, 3.8) is 0 Å². The molecule has 0 spiro atoms. The van der Waals surface area contributed by atoms with E-state index in [1.165, 1.54) is 12.1 Å². The van der Waals surface area contributed by atoms with Gasteiger partial charge in [0.05, 0.1) is 24.0 Å². The zero-order valence-electron chi connectivity index (χ0n) is 10.4. The van der Waals surface area contributed by atoms with E-state index in [0.717, 1.165) is 11.4 Å². The largest absolute Gasteiger partial charge is 0.497 e. The molecule has 0 radical (unpaired) electrons. The van der Waals surface area contributed by atoms with Crippen LogP contribution in [0.2, 0.25) is 0 Å². The predicted molar refractivity (Wildman–Crippen MR) is 74.1 cm³/mol. The molecule has 5 nitrogen and oxygen atoms in total. The zero-order chi connectivity index (χ0) is 13.8. The molecule has 0 fully saturated rings. The fourth-order valence-corrected chi connectivity index (χ4v) is 1.63. The molecule has 0 amide bonds. The number of hydrogen-bond donors (Lipinski definition) is 3. The number of benzene rings is 2. The van der Waals surface area contributed by atoms with Crippen molar-refractivity contribution in [3.05, 3.63) is 48.0 Å². The highest BCUT2D eigenvalue weighted by Gasteiger charge is 2.07. The highest BCUT2D eigenvalue weighted by Crippen LogP contribution is 2.25. The summed E-state index contributed by atoms with van der Waals surface area (Å²) in [6.45, 7) is 0. The molecule has 98 valence electrons. The third-order valence-corrected chi connectivity index (χ3v) is 2.67. The molecule has 2 aromatic rings. The normalized spacial score (nSPS) is 9.95. The first kappa shape index (κ1) is 12.8. The maximum Gasteiger partial charge on any atom is 0.335 e. The number of aromatic carboxylic acids is 1. The van der Waals surface area contributed by atoms with Crippen molar-refractivity contribution in [2.75, 3.05) is 18.2 Å². The summed E-state index contributed by atoms with van der Waals surface area (Å²) in [6, 6.07) is 11.8. The van der Waals surface area contributed by atoms with Crippen LogP contribution in [-0.2, 0) is 0 Å². The number of carboxylic acid groups (broad SMARTS) is 1. The summed E-state index contributed by atoms with van der Waals surface area (Å²) in [5.74, 6) is -0.240. The fourth-order valence-electron chi connectivity index (χ4n) is 1.63. The van der Waals surface area contributed by atoms with Crippen molar-refractivity contribution in [3.8, 4) is 5.75 Å². The lowest BCUT2D eigenvalue weighted by Gasteiger charge is -2.10. The van der Waals surface area contributed by atoms with Gasteiger partial charge in [0, 0.05) is 5.69 Å². The quantitative estimate of drug-likeness (QED) is 0.734. The minimum atomic E-state index is -0.988. The summed E-state index contributed by atoms with van der Waals surface area (Å²) in [6.07, 6.45) is 0. The third-order valence-electron chi connectivity index (χ3n) is 2.67. The van der Waals surface area contributed by atoms with Crippen molar-refractivity contribution in [2.45, 2.75) is 0 Å². The first-order valence-electron chi connectivity index (χ1n) is 5.64. The number of hydrogen-bond acceptors (Lipinski definition) is 4. The predicted octanol–water partition coefficient (Wildman–Crippen LogP) is 2.72. The van der Waals surface area contributed by atoms with Crippen molar-refractivity contribution in [1.82, 2.24) is 0 Å². The zero-order valence-corrected chi connectivity index (χ0v) is 10.4. The molecule has 19 heavy (non-hydrogen) atoms. The van der Waals surface area contributed by atoms with Crippen LogP contribution in [0.25, 0.3) is 0 Å². The topological polar surface area (TPSA) is 84.6 Å².